The van der Waals surface area contributed by atoms with Crippen molar-refractivity contribution in [1.29, 1.82) is 0 Å². The van der Waals surface area contributed by atoms with E-state index in [1.165, 1.54) is 10.9 Å². The van der Waals surface area contributed by atoms with Gasteiger partial charge in [-0.15, -0.1) is 17.5 Å². The van der Waals surface area contributed by atoms with Crippen LogP contribution in [-0.4, -0.2) is 28.2 Å². The summed E-state index contributed by atoms with van der Waals surface area (Å²) in [6, 6.07) is 4.06. The van der Waals surface area contributed by atoms with E-state index in [1.807, 2.05) is 5.01 Å². The summed E-state index contributed by atoms with van der Waals surface area (Å²) in [7, 11) is 0. The third kappa shape index (κ3) is 2.54. The van der Waals surface area contributed by atoms with E-state index in [0.717, 1.165) is 38.4 Å². The highest BCUT2D eigenvalue weighted by molar-refractivity contribution is 5.85. The Kier molecular flexibility index (Phi) is 4.08. The first-order chi connectivity index (χ1) is 9.07. The van der Waals surface area contributed by atoms with Gasteiger partial charge in [0.25, 0.3) is 0 Å². The van der Waals surface area contributed by atoms with Crippen molar-refractivity contribution in [1.82, 2.24) is 15.1 Å². The molecule has 3 rings (SSSR count). The first-order valence-electron chi connectivity index (χ1n) is 6.24. The zero-order valence-electron chi connectivity index (χ0n) is 10.6. The maximum atomic E-state index is 12.9. The summed E-state index contributed by atoms with van der Waals surface area (Å²) in [5.41, 5.74) is -0.398. The van der Waals surface area contributed by atoms with Crippen LogP contribution in [0.5, 0.6) is 0 Å². The van der Waals surface area contributed by atoms with E-state index in [4.69, 9.17) is 0 Å². The van der Waals surface area contributed by atoms with Crippen LogP contribution in [0.3, 0.4) is 0 Å². The van der Waals surface area contributed by atoms with Gasteiger partial charge >= 0.3 is 6.18 Å². The first kappa shape index (κ1) is 14.9. The van der Waals surface area contributed by atoms with E-state index in [9.17, 15) is 13.2 Å². The van der Waals surface area contributed by atoms with E-state index in [-0.39, 0.29) is 17.9 Å². The molecule has 20 heavy (non-hydrogen) atoms. The summed E-state index contributed by atoms with van der Waals surface area (Å²) in [4.78, 5) is 1.50. The topological polar surface area (TPSA) is 34.0 Å². The average Bonchev–Trinajstić information content (AvgIpc) is 2.82. The lowest BCUT2D eigenvalue weighted by atomic mass is 10.1. The quantitative estimate of drug-likeness (QED) is 0.812. The largest absolute Gasteiger partial charge is 0.418 e. The molecule has 1 aliphatic rings. The molecule has 8 heteroatoms. The molecule has 2 heterocycles. The van der Waals surface area contributed by atoms with Gasteiger partial charge in [-0.1, -0.05) is 6.07 Å². The lowest BCUT2D eigenvalue weighted by Gasteiger charge is -2.28. The Balaban J connectivity index is 0.00000147. The molecular formula is C12H14ClF3N4. The van der Waals surface area contributed by atoms with Gasteiger partial charge in [-0.05, 0) is 36.6 Å². The highest BCUT2D eigenvalue weighted by Crippen LogP contribution is 2.33. The summed E-state index contributed by atoms with van der Waals surface area (Å²) in [6.45, 7) is 1.60. The molecule has 1 aliphatic heterocycles. The zero-order chi connectivity index (χ0) is 13.5. The molecule has 4 nitrogen and oxygen atoms in total. The zero-order valence-corrected chi connectivity index (χ0v) is 11.4. The smallest absolute Gasteiger partial charge is 0.295 e. The Labute approximate surface area is 119 Å². The van der Waals surface area contributed by atoms with E-state index in [0.29, 0.717) is 5.52 Å². The Bertz CT molecular complexity index is 590. The van der Waals surface area contributed by atoms with Gasteiger partial charge in [0.1, 0.15) is 11.0 Å². The molecule has 0 N–H and O–H groups in total. The van der Waals surface area contributed by atoms with Gasteiger partial charge in [0.2, 0.25) is 0 Å². The first-order valence-corrected chi connectivity index (χ1v) is 6.24. The van der Waals surface area contributed by atoms with Crippen molar-refractivity contribution in [2.24, 2.45) is 0 Å². The fraction of sp³-hybridized carbons (Fsp3) is 0.500. The normalized spacial score (nSPS) is 16.2. The van der Waals surface area contributed by atoms with Crippen LogP contribution >= 0.6 is 12.4 Å². The summed E-state index contributed by atoms with van der Waals surface area (Å²) in [5.74, 6) is 0. The number of fused-ring (bicyclic) bond motifs is 1. The summed E-state index contributed by atoms with van der Waals surface area (Å²) >= 11 is 0. The third-order valence-electron chi connectivity index (χ3n) is 3.37. The van der Waals surface area contributed by atoms with Gasteiger partial charge in [-0.2, -0.15) is 18.0 Å². The van der Waals surface area contributed by atoms with Gasteiger partial charge in [0, 0.05) is 13.1 Å². The van der Waals surface area contributed by atoms with Gasteiger partial charge in [0.15, 0.2) is 0 Å². The average molecular weight is 307 g/mol. The summed E-state index contributed by atoms with van der Waals surface area (Å²) < 4.78 is 38.6. The lowest BCUT2D eigenvalue weighted by Crippen LogP contribution is -2.39. The van der Waals surface area contributed by atoms with Crippen LogP contribution < -0.4 is 5.01 Å². The van der Waals surface area contributed by atoms with Crippen molar-refractivity contribution < 1.29 is 13.2 Å². The Morgan fingerprint density at radius 3 is 2.40 bits per heavy atom. The molecule has 1 aromatic heterocycles. The van der Waals surface area contributed by atoms with Crippen molar-refractivity contribution in [3.63, 3.8) is 0 Å². The number of aromatic nitrogens is 3. The SMILES string of the molecule is Cl.FC(F)(F)c1cccc2c1nnn2N1CCCCC1. The van der Waals surface area contributed by atoms with Crippen molar-refractivity contribution in [3.05, 3.63) is 23.8 Å². The number of piperidine rings is 1. The molecule has 0 bridgehead atoms. The van der Waals surface area contributed by atoms with Crippen LogP contribution in [0.2, 0.25) is 0 Å². The fourth-order valence-electron chi connectivity index (χ4n) is 2.44. The minimum atomic E-state index is -4.40. The monoisotopic (exact) mass is 306 g/mol. The molecule has 2 aromatic rings. The predicted molar refractivity (Wildman–Crippen MR) is 71.6 cm³/mol. The highest BCUT2D eigenvalue weighted by Gasteiger charge is 2.34. The van der Waals surface area contributed by atoms with Crippen molar-refractivity contribution in [2.75, 3.05) is 18.1 Å². The molecule has 0 radical (unpaired) electrons. The van der Waals surface area contributed by atoms with Crippen molar-refractivity contribution >= 4 is 23.4 Å². The van der Waals surface area contributed by atoms with E-state index in [1.54, 1.807) is 6.07 Å². The molecule has 0 spiro atoms. The minimum Gasteiger partial charge on any atom is -0.295 e. The predicted octanol–water partition coefficient (Wildman–Crippen LogP) is 2.99. The van der Waals surface area contributed by atoms with Crippen LogP contribution in [0.15, 0.2) is 18.2 Å². The standard InChI is InChI=1S/C12H13F3N4.ClH/c13-12(14,15)9-5-4-6-10-11(9)16-17-19(10)18-7-2-1-3-8-18;/h4-6H,1-3,7-8H2;1H. The molecule has 110 valence electrons. The van der Waals surface area contributed by atoms with Crippen LogP contribution in [0.1, 0.15) is 24.8 Å². The number of rotatable bonds is 1. The second-order valence-corrected chi connectivity index (χ2v) is 4.66. The highest BCUT2D eigenvalue weighted by atomic mass is 35.5. The van der Waals surface area contributed by atoms with Crippen molar-refractivity contribution in [3.8, 4) is 0 Å². The maximum absolute atomic E-state index is 12.9. The molecule has 0 atom stereocenters. The third-order valence-corrected chi connectivity index (χ3v) is 3.37. The number of alkyl halides is 3. The second kappa shape index (κ2) is 5.47. The van der Waals surface area contributed by atoms with Gasteiger partial charge in [-0.25, -0.2) is 0 Å². The molecule has 0 amide bonds. The van der Waals surface area contributed by atoms with Gasteiger partial charge in [-0.3, -0.25) is 5.01 Å². The van der Waals surface area contributed by atoms with Crippen molar-refractivity contribution in [2.45, 2.75) is 25.4 Å². The molecule has 0 aliphatic carbocycles. The van der Waals surface area contributed by atoms with E-state index < -0.39 is 11.7 Å². The van der Waals surface area contributed by atoms with Gasteiger partial charge < -0.3 is 0 Å². The molecule has 1 aromatic carbocycles. The number of nitrogens with zero attached hydrogens (tertiary/aromatic N) is 4. The van der Waals surface area contributed by atoms with Gasteiger partial charge in [0.05, 0.1) is 5.56 Å². The summed E-state index contributed by atoms with van der Waals surface area (Å²) in [6.07, 6.45) is -1.19. The van der Waals surface area contributed by atoms with Crippen LogP contribution in [0.4, 0.5) is 13.2 Å². The minimum absolute atomic E-state index is 0. The van der Waals surface area contributed by atoms with Crippen LogP contribution in [0, 0.1) is 0 Å². The van der Waals surface area contributed by atoms with Crippen LogP contribution in [0.25, 0.3) is 11.0 Å². The second-order valence-electron chi connectivity index (χ2n) is 4.66. The van der Waals surface area contributed by atoms with E-state index in [2.05, 4.69) is 10.3 Å². The molecule has 1 saturated heterocycles. The molecule has 0 saturated carbocycles. The Hall–Kier alpha value is -1.50. The van der Waals surface area contributed by atoms with E-state index >= 15 is 0 Å². The number of benzene rings is 1. The number of hydrogen-bond donors (Lipinski definition) is 0. The van der Waals surface area contributed by atoms with Crippen LogP contribution in [-0.2, 0) is 6.18 Å². The summed E-state index contributed by atoms with van der Waals surface area (Å²) in [5, 5.41) is 9.54. The number of halogens is 4. The lowest BCUT2D eigenvalue weighted by molar-refractivity contribution is -0.136. The molecule has 0 unspecified atom stereocenters. The Morgan fingerprint density at radius 1 is 1.05 bits per heavy atom. The fourth-order valence-corrected chi connectivity index (χ4v) is 2.44. The Morgan fingerprint density at radius 2 is 1.75 bits per heavy atom. The number of hydrogen-bond acceptors (Lipinski definition) is 3. The maximum Gasteiger partial charge on any atom is 0.418 e. The molecular weight excluding hydrogens is 293 g/mol. The molecule has 1 fully saturated rings.